The number of anilines is 1. The summed E-state index contributed by atoms with van der Waals surface area (Å²) in [6.45, 7) is 0.0442. The molecule has 1 atom stereocenters. The summed E-state index contributed by atoms with van der Waals surface area (Å²) in [6.07, 6.45) is 0.660. The minimum Gasteiger partial charge on any atom is -0.482 e. The fourth-order valence-electron chi connectivity index (χ4n) is 1.58. The van der Waals surface area contributed by atoms with Gasteiger partial charge < -0.3 is 20.2 Å². The third kappa shape index (κ3) is 1.65. The van der Waals surface area contributed by atoms with Gasteiger partial charge in [-0.15, -0.1) is 0 Å². The number of likely N-dealkylation sites (N-methyl/N-ethyl adjacent to an activating group) is 1. The van der Waals surface area contributed by atoms with E-state index in [0.29, 0.717) is 23.3 Å². The quantitative estimate of drug-likeness (QED) is 0.725. The van der Waals surface area contributed by atoms with Gasteiger partial charge in [0.25, 0.3) is 5.91 Å². The van der Waals surface area contributed by atoms with Gasteiger partial charge in [0.05, 0.1) is 11.7 Å². The molecule has 84 valence electrons. The van der Waals surface area contributed by atoms with Crippen molar-refractivity contribution in [2.24, 2.45) is 5.73 Å². The first kappa shape index (κ1) is 10.6. The smallest absolute Gasteiger partial charge is 0.264 e. The van der Waals surface area contributed by atoms with Gasteiger partial charge >= 0.3 is 0 Å². The van der Waals surface area contributed by atoms with Crippen LogP contribution in [0.25, 0.3) is 0 Å². The number of nitrogens with two attached hydrogens (primary N) is 1. The van der Waals surface area contributed by atoms with E-state index >= 15 is 0 Å². The average Bonchev–Trinajstić information content (AvgIpc) is 2.32. The van der Waals surface area contributed by atoms with Crippen LogP contribution in [0.1, 0.15) is 11.6 Å². The van der Waals surface area contributed by atoms with Gasteiger partial charge in [0.1, 0.15) is 12.0 Å². The zero-order chi connectivity index (χ0) is 11.7. The van der Waals surface area contributed by atoms with Crippen LogP contribution >= 0.6 is 0 Å². The number of fused-ring (bicyclic) bond motifs is 1. The summed E-state index contributed by atoms with van der Waals surface area (Å²) in [6, 6.07) is 4.47. The highest BCUT2D eigenvalue weighted by Crippen LogP contribution is 2.32. The second-order valence-electron chi connectivity index (χ2n) is 3.63. The molecule has 0 aliphatic carbocycles. The fourth-order valence-corrected chi connectivity index (χ4v) is 1.58. The Kier molecular flexibility index (Phi) is 2.62. The SMILES string of the molecule is CN1C(=O)COc2ccc(C(N)C=O)cc21. The number of carbonyl (C=O) groups is 2. The maximum absolute atomic E-state index is 11.4. The highest BCUT2D eigenvalue weighted by molar-refractivity contribution is 5.97. The summed E-state index contributed by atoms with van der Waals surface area (Å²) in [5.41, 5.74) is 6.91. The molecule has 1 heterocycles. The predicted molar refractivity (Wildman–Crippen MR) is 58.3 cm³/mol. The molecule has 2 rings (SSSR count). The number of ether oxygens (including phenoxy) is 1. The molecule has 1 aromatic rings. The maximum Gasteiger partial charge on any atom is 0.264 e. The predicted octanol–water partition coefficient (Wildman–Crippen LogP) is 0.240. The van der Waals surface area contributed by atoms with Crippen LogP contribution < -0.4 is 15.4 Å². The van der Waals surface area contributed by atoms with Crippen LogP contribution in [-0.4, -0.2) is 25.8 Å². The molecule has 0 radical (unpaired) electrons. The lowest BCUT2D eigenvalue weighted by Crippen LogP contribution is -2.35. The lowest BCUT2D eigenvalue weighted by molar-refractivity contribution is -0.121. The molecular formula is C11H12N2O3. The van der Waals surface area contributed by atoms with E-state index in [-0.39, 0.29) is 12.5 Å². The summed E-state index contributed by atoms with van der Waals surface area (Å²) in [7, 11) is 1.67. The van der Waals surface area contributed by atoms with E-state index in [4.69, 9.17) is 10.5 Å². The largest absolute Gasteiger partial charge is 0.482 e. The summed E-state index contributed by atoms with van der Waals surface area (Å²) in [4.78, 5) is 23.5. The normalized spacial score (nSPS) is 16.4. The van der Waals surface area contributed by atoms with E-state index < -0.39 is 6.04 Å². The van der Waals surface area contributed by atoms with E-state index in [1.165, 1.54) is 4.90 Å². The molecule has 1 aliphatic rings. The van der Waals surface area contributed by atoms with Crippen molar-refractivity contribution >= 4 is 17.9 Å². The van der Waals surface area contributed by atoms with Gasteiger partial charge in [-0.3, -0.25) is 4.79 Å². The molecule has 5 nitrogen and oxygen atoms in total. The van der Waals surface area contributed by atoms with Gasteiger partial charge in [0.2, 0.25) is 0 Å². The maximum atomic E-state index is 11.4. The van der Waals surface area contributed by atoms with Gasteiger partial charge in [-0.05, 0) is 17.7 Å². The second-order valence-corrected chi connectivity index (χ2v) is 3.63. The summed E-state index contributed by atoms with van der Waals surface area (Å²) in [5, 5.41) is 0. The van der Waals surface area contributed by atoms with Gasteiger partial charge in [-0.1, -0.05) is 6.07 Å². The number of rotatable bonds is 2. The Balaban J connectivity index is 2.44. The summed E-state index contributed by atoms with van der Waals surface area (Å²) in [5.74, 6) is 0.508. The molecule has 0 saturated heterocycles. The van der Waals surface area contributed by atoms with Crippen molar-refractivity contribution in [3.63, 3.8) is 0 Å². The molecule has 2 N–H and O–H groups in total. The minimum atomic E-state index is -0.671. The molecule has 1 aromatic carbocycles. The first-order valence-electron chi connectivity index (χ1n) is 4.87. The molecule has 0 bridgehead atoms. The van der Waals surface area contributed by atoms with Crippen molar-refractivity contribution in [1.82, 2.24) is 0 Å². The second kappa shape index (κ2) is 3.94. The molecule has 0 spiro atoms. The van der Waals surface area contributed by atoms with Crippen molar-refractivity contribution in [3.05, 3.63) is 23.8 Å². The summed E-state index contributed by atoms with van der Waals surface area (Å²) >= 11 is 0. The van der Waals surface area contributed by atoms with Crippen LogP contribution in [0.4, 0.5) is 5.69 Å². The average molecular weight is 220 g/mol. The number of hydrogen-bond acceptors (Lipinski definition) is 4. The lowest BCUT2D eigenvalue weighted by atomic mass is 10.1. The highest BCUT2D eigenvalue weighted by Gasteiger charge is 2.22. The molecule has 16 heavy (non-hydrogen) atoms. The third-order valence-corrected chi connectivity index (χ3v) is 2.60. The van der Waals surface area contributed by atoms with Gasteiger partial charge in [0.15, 0.2) is 6.61 Å². The Hall–Kier alpha value is -1.88. The van der Waals surface area contributed by atoms with Crippen LogP contribution in [0.15, 0.2) is 18.2 Å². The van der Waals surface area contributed by atoms with Crippen LogP contribution in [0.5, 0.6) is 5.75 Å². The van der Waals surface area contributed by atoms with Gasteiger partial charge in [-0.2, -0.15) is 0 Å². The Morgan fingerprint density at radius 2 is 2.31 bits per heavy atom. The first-order valence-corrected chi connectivity index (χ1v) is 4.87. The Bertz CT molecular complexity index is 445. The van der Waals surface area contributed by atoms with E-state index in [1.807, 2.05) is 0 Å². The van der Waals surface area contributed by atoms with Crippen molar-refractivity contribution in [3.8, 4) is 5.75 Å². The molecule has 0 aromatic heterocycles. The van der Waals surface area contributed by atoms with Crippen molar-refractivity contribution in [2.45, 2.75) is 6.04 Å². The van der Waals surface area contributed by atoms with Crippen LogP contribution in [0, 0.1) is 0 Å². The van der Waals surface area contributed by atoms with Crippen molar-refractivity contribution in [2.75, 3.05) is 18.6 Å². The first-order chi connectivity index (χ1) is 7.63. The Morgan fingerprint density at radius 3 is 3.00 bits per heavy atom. The molecule has 1 unspecified atom stereocenters. The van der Waals surface area contributed by atoms with Crippen molar-refractivity contribution in [1.29, 1.82) is 0 Å². The van der Waals surface area contributed by atoms with Crippen LogP contribution in [0.3, 0.4) is 0 Å². The molecule has 0 saturated carbocycles. The highest BCUT2D eigenvalue weighted by atomic mass is 16.5. The number of nitrogens with zero attached hydrogens (tertiary/aromatic N) is 1. The van der Waals surface area contributed by atoms with Crippen LogP contribution in [-0.2, 0) is 9.59 Å². The molecular weight excluding hydrogens is 208 g/mol. The molecule has 1 aliphatic heterocycles. The third-order valence-electron chi connectivity index (χ3n) is 2.60. The number of hydrogen-bond donors (Lipinski definition) is 1. The van der Waals surface area contributed by atoms with E-state index in [2.05, 4.69) is 0 Å². The van der Waals surface area contributed by atoms with E-state index in [1.54, 1.807) is 25.2 Å². The number of carbonyl (C=O) groups excluding carboxylic acids is 2. The number of amides is 1. The van der Waals surface area contributed by atoms with E-state index in [0.717, 1.165) is 0 Å². The number of benzene rings is 1. The Morgan fingerprint density at radius 1 is 1.56 bits per heavy atom. The van der Waals surface area contributed by atoms with Crippen LogP contribution in [0.2, 0.25) is 0 Å². The lowest BCUT2D eigenvalue weighted by Gasteiger charge is -2.26. The zero-order valence-electron chi connectivity index (χ0n) is 8.84. The molecule has 0 fully saturated rings. The standard InChI is InChI=1S/C11H12N2O3/c1-13-9-4-7(8(12)5-14)2-3-10(9)16-6-11(13)15/h2-5,8H,6,12H2,1H3. The summed E-state index contributed by atoms with van der Waals surface area (Å²) < 4.78 is 5.25. The molecule has 5 heteroatoms. The fraction of sp³-hybridized carbons (Fsp3) is 0.273. The molecule has 1 amide bonds. The monoisotopic (exact) mass is 220 g/mol. The Labute approximate surface area is 92.8 Å². The minimum absolute atomic E-state index is 0.0442. The van der Waals surface area contributed by atoms with E-state index in [9.17, 15) is 9.59 Å². The van der Waals surface area contributed by atoms with Gasteiger partial charge in [-0.25, -0.2) is 0 Å². The zero-order valence-corrected chi connectivity index (χ0v) is 8.84. The topological polar surface area (TPSA) is 72.6 Å². The van der Waals surface area contributed by atoms with Crippen molar-refractivity contribution < 1.29 is 14.3 Å². The number of aldehydes is 1. The van der Waals surface area contributed by atoms with Gasteiger partial charge in [0, 0.05) is 7.05 Å².